The standard InChI is InChI=1S/C36H63N11O13/c1-6-18(2)28(35(58)46-24(16-48)34(57)45-23(10-7-8-12-37)32(55)40-15-27(51)44-25(17-49)36(59)60)47-31(54)21(5)42-30(53)20(4)41-26(50)14-39-29(52)19(3)43-33(56)22-11-9-13-38-22/h18-25,28,38,48-49H,6-17,37H2,1-5H3,(H,39,52)(H,40,55)(H,41,50)(H,42,53)(H,43,56)(H,44,51)(H,45,57)(H,46,58)(H,47,54)(H,59,60)/t18-,19-,20-,21-,22-,23-,24-,25-,28-/m0/s1. The van der Waals surface area contributed by atoms with Crippen molar-refractivity contribution in [1.29, 1.82) is 0 Å². The number of hydrogen-bond donors (Lipinski definition) is 14. The molecule has 0 radical (unpaired) electrons. The molecule has 15 N–H and O–H groups in total. The van der Waals surface area contributed by atoms with Crippen LogP contribution in [0.25, 0.3) is 0 Å². The average molecular weight is 858 g/mol. The lowest BCUT2D eigenvalue weighted by molar-refractivity contribution is -0.143. The number of carbonyl (C=O) groups is 10. The molecule has 1 heterocycles. The summed E-state index contributed by atoms with van der Waals surface area (Å²) in [6.45, 7) is 5.42. The second-order valence-corrected chi connectivity index (χ2v) is 14.4. The molecular weight excluding hydrogens is 794 g/mol. The van der Waals surface area contributed by atoms with E-state index in [-0.39, 0.29) is 18.9 Å². The Labute approximate surface area is 347 Å². The lowest BCUT2D eigenvalue weighted by atomic mass is 9.97. The summed E-state index contributed by atoms with van der Waals surface area (Å²) in [6.07, 6.45) is 2.68. The van der Waals surface area contributed by atoms with Crippen molar-refractivity contribution >= 4 is 59.1 Å². The van der Waals surface area contributed by atoms with E-state index in [1.54, 1.807) is 13.8 Å². The van der Waals surface area contributed by atoms with Crippen LogP contribution in [0.1, 0.15) is 73.1 Å². The number of nitrogens with one attached hydrogen (secondary N) is 10. The summed E-state index contributed by atoms with van der Waals surface area (Å²) < 4.78 is 0. The van der Waals surface area contributed by atoms with Crippen LogP contribution >= 0.6 is 0 Å². The molecule has 0 unspecified atom stereocenters. The van der Waals surface area contributed by atoms with Crippen LogP contribution in [0.15, 0.2) is 0 Å². The number of aliphatic hydroxyl groups is 2. The molecule has 0 spiro atoms. The van der Waals surface area contributed by atoms with Gasteiger partial charge in [-0.2, -0.15) is 0 Å². The molecule has 9 amide bonds. The summed E-state index contributed by atoms with van der Waals surface area (Å²) in [4.78, 5) is 126. The Hall–Kier alpha value is -5.46. The summed E-state index contributed by atoms with van der Waals surface area (Å²) in [5, 5.41) is 52.5. The predicted molar refractivity (Wildman–Crippen MR) is 212 cm³/mol. The molecule has 0 aromatic carbocycles. The molecule has 1 aliphatic heterocycles. The van der Waals surface area contributed by atoms with E-state index in [2.05, 4.69) is 47.9 Å². The van der Waals surface area contributed by atoms with Gasteiger partial charge in [0.05, 0.1) is 32.3 Å². The zero-order valence-electron chi connectivity index (χ0n) is 34.7. The number of carbonyl (C=O) groups excluding carboxylic acids is 9. The van der Waals surface area contributed by atoms with E-state index in [0.29, 0.717) is 32.2 Å². The van der Waals surface area contributed by atoms with Crippen LogP contribution in [-0.4, -0.2) is 162 Å². The smallest absolute Gasteiger partial charge is 0.328 e. The summed E-state index contributed by atoms with van der Waals surface area (Å²) in [5.41, 5.74) is 5.54. The summed E-state index contributed by atoms with van der Waals surface area (Å²) in [7, 11) is 0. The molecule has 0 bridgehead atoms. The van der Waals surface area contributed by atoms with Crippen LogP contribution in [0.3, 0.4) is 0 Å². The highest BCUT2D eigenvalue weighted by atomic mass is 16.4. The van der Waals surface area contributed by atoms with Crippen LogP contribution in [0.2, 0.25) is 0 Å². The monoisotopic (exact) mass is 857 g/mol. The number of carboxylic acids is 1. The van der Waals surface area contributed by atoms with E-state index in [0.717, 1.165) is 6.42 Å². The maximum Gasteiger partial charge on any atom is 0.328 e. The number of aliphatic hydroxyl groups excluding tert-OH is 2. The lowest BCUT2D eigenvalue weighted by Crippen LogP contribution is -2.60. The van der Waals surface area contributed by atoms with E-state index >= 15 is 0 Å². The van der Waals surface area contributed by atoms with Gasteiger partial charge in [0.15, 0.2) is 0 Å². The zero-order chi connectivity index (χ0) is 45.5. The van der Waals surface area contributed by atoms with Crippen molar-refractivity contribution in [3.05, 3.63) is 0 Å². The van der Waals surface area contributed by atoms with Gasteiger partial charge in [-0.1, -0.05) is 20.3 Å². The van der Waals surface area contributed by atoms with Crippen LogP contribution in [0.5, 0.6) is 0 Å². The highest BCUT2D eigenvalue weighted by molar-refractivity contribution is 5.97. The van der Waals surface area contributed by atoms with E-state index in [1.165, 1.54) is 20.8 Å². The SMILES string of the molecule is CC[C@H](C)[C@H](NC(=O)[C@H](C)NC(=O)[C@H](C)NC(=O)CNC(=O)[C@H](C)NC(=O)[C@@H]1CCCN1)C(=O)N[C@@H](CO)C(=O)N[C@@H](CCCCN)C(=O)NCC(=O)N[C@@H](CO)C(=O)O. The average Bonchev–Trinajstić information content (AvgIpc) is 3.76. The Morgan fingerprint density at radius 3 is 1.73 bits per heavy atom. The molecule has 0 aromatic heterocycles. The van der Waals surface area contributed by atoms with Crippen LogP contribution in [0.4, 0.5) is 0 Å². The minimum Gasteiger partial charge on any atom is -0.480 e. The van der Waals surface area contributed by atoms with Crippen LogP contribution in [-0.2, 0) is 47.9 Å². The minimum atomic E-state index is -1.61. The van der Waals surface area contributed by atoms with Crippen molar-refractivity contribution in [3.8, 4) is 0 Å². The first-order valence-electron chi connectivity index (χ1n) is 19.8. The molecule has 0 aliphatic carbocycles. The number of nitrogens with two attached hydrogens (primary N) is 1. The quantitative estimate of drug-likeness (QED) is 0.0342. The fourth-order valence-electron chi connectivity index (χ4n) is 5.56. The van der Waals surface area contributed by atoms with Gasteiger partial charge in [-0.25, -0.2) is 4.79 Å². The molecule has 0 aromatic rings. The molecule has 60 heavy (non-hydrogen) atoms. The fraction of sp³-hybridized carbons (Fsp3) is 0.722. The number of unbranched alkanes of at least 4 members (excludes halogenated alkanes) is 1. The Kier molecular flexibility index (Phi) is 23.9. The predicted octanol–water partition coefficient (Wildman–Crippen LogP) is -6.33. The zero-order valence-corrected chi connectivity index (χ0v) is 34.7. The number of aliphatic carboxylic acids is 1. The van der Waals surface area contributed by atoms with Gasteiger partial charge >= 0.3 is 5.97 Å². The van der Waals surface area contributed by atoms with E-state index in [4.69, 9.17) is 15.9 Å². The number of carboxylic acid groups (broad SMARTS) is 1. The third-order valence-electron chi connectivity index (χ3n) is 9.50. The molecule has 1 fully saturated rings. The van der Waals surface area contributed by atoms with Gasteiger partial charge in [-0.3, -0.25) is 43.2 Å². The van der Waals surface area contributed by atoms with Gasteiger partial charge in [0.2, 0.25) is 53.2 Å². The second kappa shape index (κ2) is 27.3. The number of amides is 9. The van der Waals surface area contributed by atoms with Gasteiger partial charge < -0.3 is 74.2 Å². The molecule has 1 aliphatic rings. The van der Waals surface area contributed by atoms with E-state index in [9.17, 15) is 53.1 Å². The highest BCUT2D eigenvalue weighted by Gasteiger charge is 2.33. The lowest BCUT2D eigenvalue weighted by Gasteiger charge is -2.28. The van der Waals surface area contributed by atoms with Gasteiger partial charge in [-0.05, 0) is 71.9 Å². The van der Waals surface area contributed by atoms with Crippen molar-refractivity contribution in [3.63, 3.8) is 0 Å². The van der Waals surface area contributed by atoms with Crippen molar-refractivity contribution in [2.24, 2.45) is 11.7 Å². The molecule has 24 nitrogen and oxygen atoms in total. The fourth-order valence-corrected chi connectivity index (χ4v) is 5.56. The third-order valence-corrected chi connectivity index (χ3v) is 9.50. The van der Waals surface area contributed by atoms with Gasteiger partial charge in [-0.15, -0.1) is 0 Å². The molecule has 24 heteroatoms. The topological polar surface area (TPSA) is 378 Å². The Bertz CT molecular complexity index is 1510. The molecular formula is C36H63N11O13. The Morgan fingerprint density at radius 1 is 0.633 bits per heavy atom. The van der Waals surface area contributed by atoms with Crippen LogP contribution in [0, 0.1) is 5.92 Å². The molecule has 9 atom stereocenters. The maximum absolute atomic E-state index is 13.5. The Balaban J connectivity index is 2.81. The van der Waals surface area contributed by atoms with Crippen molar-refractivity contribution in [2.75, 3.05) is 39.4 Å². The molecule has 1 saturated heterocycles. The minimum absolute atomic E-state index is 0.0314. The summed E-state index contributed by atoms with van der Waals surface area (Å²) >= 11 is 0. The number of rotatable bonds is 27. The first kappa shape index (κ1) is 52.6. The Morgan fingerprint density at radius 2 is 1.18 bits per heavy atom. The van der Waals surface area contributed by atoms with E-state index in [1.807, 2.05) is 5.32 Å². The first-order valence-corrected chi connectivity index (χ1v) is 19.8. The van der Waals surface area contributed by atoms with Gasteiger partial charge in [0.1, 0.15) is 42.3 Å². The van der Waals surface area contributed by atoms with Gasteiger partial charge in [0, 0.05) is 0 Å². The maximum atomic E-state index is 13.5. The van der Waals surface area contributed by atoms with E-state index < -0.39 is 134 Å². The van der Waals surface area contributed by atoms with Crippen LogP contribution < -0.4 is 58.9 Å². The second-order valence-electron chi connectivity index (χ2n) is 14.4. The van der Waals surface area contributed by atoms with Crippen molar-refractivity contribution in [2.45, 2.75) is 121 Å². The molecule has 1 rings (SSSR count). The summed E-state index contributed by atoms with van der Waals surface area (Å²) in [6, 6.07) is -9.49. The van der Waals surface area contributed by atoms with Crippen molar-refractivity contribution in [1.82, 2.24) is 53.2 Å². The number of hydrogen-bond acceptors (Lipinski definition) is 14. The summed E-state index contributed by atoms with van der Waals surface area (Å²) in [5.74, 6) is -8.94. The molecule has 0 saturated carbocycles. The highest BCUT2D eigenvalue weighted by Crippen LogP contribution is 2.10. The third kappa shape index (κ3) is 18.6. The van der Waals surface area contributed by atoms with Gasteiger partial charge in [0.25, 0.3) is 0 Å². The first-order chi connectivity index (χ1) is 28.3. The normalized spacial score (nSPS) is 17.4. The van der Waals surface area contributed by atoms with Crippen molar-refractivity contribution < 1.29 is 63.3 Å². The molecule has 340 valence electrons. The largest absolute Gasteiger partial charge is 0.480 e.